The lowest BCUT2D eigenvalue weighted by Crippen LogP contribution is -2.53. The lowest BCUT2D eigenvalue weighted by molar-refractivity contribution is -0.157. The molecule has 0 aromatic carbocycles. The van der Waals surface area contributed by atoms with Crippen LogP contribution in [0.3, 0.4) is 0 Å². The number of carbonyl (C=O) groups is 3. The molecule has 120 valence electrons. The Labute approximate surface area is 128 Å². The van der Waals surface area contributed by atoms with Crippen molar-refractivity contribution in [3.63, 3.8) is 0 Å². The molecule has 2 unspecified atom stereocenters. The Kier molecular flexibility index (Phi) is 6.03. The number of carboxylic acids is 1. The molecule has 7 nitrogen and oxygen atoms in total. The van der Waals surface area contributed by atoms with Crippen molar-refractivity contribution in [3.8, 4) is 0 Å². The highest BCUT2D eigenvalue weighted by atomic mass is 32.2. The van der Waals surface area contributed by atoms with Crippen molar-refractivity contribution in [1.82, 2.24) is 4.90 Å². The Hall–Kier alpha value is -1.28. The molecule has 0 aromatic heterocycles. The first-order chi connectivity index (χ1) is 9.76. The summed E-state index contributed by atoms with van der Waals surface area (Å²) in [5, 5.41) is 8.41. The predicted octanol–water partition coefficient (Wildman–Crippen LogP) is 0.422. The van der Waals surface area contributed by atoms with E-state index in [9.17, 15) is 19.5 Å². The normalized spacial score (nSPS) is 23.9. The number of carbonyl (C=O) groups excluding carboxylic acids is 2. The fourth-order valence-corrected chi connectivity index (χ4v) is 3.66. The van der Waals surface area contributed by atoms with E-state index in [2.05, 4.69) is 0 Å². The highest BCUT2D eigenvalue weighted by Crippen LogP contribution is 2.44. The number of thioether (sulfide) groups is 1. The quantitative estimate of drug-likeness (QED) is 0.539. The molecule has 1 rings (SSSR count). The van der Waals surface area contributed by atoms with Gasteiger partial charge in [-0.3, -0.25) is 4.79 Å². The number of hydrogen-bond donors (Lipinski definition) is 2. The summed E-state index contributed by atoms with van der Waals surface area (Å²) in [5.74, 6) is -2.32. The topological polar surface area (TPSA) is 110 Å². The summed E-state index contributed by atoms with van der Waals surface area (Å²) in [6.45, 7) is 5.25. The first-order valence-electron chi connectivity index (χ1n) is 6.84. The lowest BCUT2D eigenvalue weighted by Gasteiger charge is -2.28. The van der Waals surface area contributed by atoms with Crippen LogP contribution in [0.2, 0.25) is 0 Å². The average Bonchev–Trinajstić information content (AvgIpc) is 2.69. The highest BCUT2D eigenvalue weighted by molar-refractivity contribution is 8.02. The molecule has 0 saturated carbocycles. The zero-order valence-electron chi connectivity index (χ0n) is 12.5. The standard InChI is InChI=1S/C13H22N2O5S/c1-4-5-6-20-12(19)10-15(8(16)7-14)9(11(17)18)13(2,3)21-10/h9-10H,4-7,14H2,1-3H3,(H,17,18). The monoisotopic (exact) mass is 318 g/mol. The number of nitrogens with two attached hydrogens (primary N) is 1. The molecule has 2 atom stereocenters. The second-order valence-electron chi connectivity index (χ2n) is 5.34. The summed E-state index contributed by atoms with van der Waals surface area (Å²) < 4.78 is 4.32. The Morgan fingerprint density at radius 3 is 2.48 bits per heavy atom. The Balaban J connectivity index is 2.98. The highest BCUT2D eigenvalue weighted by Gasteiger charge is 2.55. The summed E-state index contributed by atoms with van der Waals surface area (Å²) >= 11 is 1.12. The van der Waals surface area contributed by atoms with E-state index in [1.54, 1.807) is 13.8 Å². The van der Waals surface area contributed by atoms with Crippen LogP contribution in [0.1, 0.15) is 33.6 Å². The van der Waals surface area contributed by atoms with Gasteiger partial charge in [0.05, 0.1) is 13.2 Å². The summed E-state index contributed by atoms with van der Waals surface area (Å²) in [4.78, 5) is 36.6. The molecule has 21 heavy (non-hydrogen) atoms. The molecule has 3 N–H and O–H groups in total. The largest absolute Gasteiger partial charge is 0.480 e. The van der Waals surface area contributed by atoms with Crippen LogP contribution in [0.25, 0.3) is 0 Å². The van der Waals surface area contributed by atoms with Crippen LogP contribution in [0.5, 0.6) is 0 Å². The van der Waals surface area contributed by atoms with E-state index in [4.69, 9.17) is 10.5 Å². The first-order valence-corrected chi connectivity index (χ1v) is 7.72. The minimum atomic E-state index is -1.15. The molecular weight excluding hydrogens is 296 g/mol. The van der Waals surface area contributed by atoms with Crippen LogP contribution in [-0.4, -0.2) is 57.2 Å². The SMILES string of the molecule is CCCCOC(=O)C1SC(C)(C)C(C(=O)O)N1C(=O)CN. The minimum absolute atomic E-state index is 0.259. The van der Waals surface area contributed by atoms with Gasteiger partial charge in [-0.15, -0.1) is 11.8 Å². The van der Waals surface area contributed by atoms with Crippen molar-refractivity contribution < 1.29 is 24.2 Å². The Bertz CT molecular complexity index is 427. The molecule has 0 aromatic rings. The van der Waals surface area contributed by atoms with Crippen LogP contribution >= 0.6 is 11.8 Å². The van der Waals surface area contributed by atoms with Crippen LogP contribution in [0, 0.1) is 0 Å². The van der Waals surface area contributed by atoms with Gasteiger partial charge in [-0.25, -0.2) is 9.59 Å². The van der Waals surface area contributed by atoms with Crippen LogP contribution in [-0.2, 0) is 19.1 Å². The number of hydrogen-bond acceptors (Lipinski definition) is 6. The number of aliphatic carboxylic acids is 1. The van der Waals surface area contributed by atoms with Crippen molar-refractivity contribution in [2.24, 2.45) is 5.73 Å². The summed E-state index contributed by atoms with van der Waals surface area (Å²) in [5.41, 5.74) is 5.34. The average molecular weight is 318 g/mol. The second kappa shape index (κ2) is 7.13. The molecule has 8 heteroatoms. The number of esters is 1. The molecule has 1 saturated heterocycles. The van der Waals surface area contributed by atoms with E-state index in [0.29, 0.717) is 0 Å². The van der Waals surface area contributed by atoms with E-state index in [1.165, 1.54) is 0 Å². The zero-order valence-corrected chi connectivity index (χ0v) is 13.3. The van der Waals surface area contributed by atoms with Crippen molar-refractivity contribution >= 4 is 29.6 Å². The van der Waals surface area contributed by atoms with Gasteiger partial charge in [0.25, 0.3) is 0 Å². The minimum Gasteiger partial charge on any atom is -0.480 e. The number of ether oxygens (including phenoxy) is 1. The number of rotatable bonds is 6. The van der Waals surface area contributed by atoms with Gasteiger partial charge in [0.15, 0.2) is 5.37 Å². The maximum Gasteiger partial charge on any atom is 0.339 e. The van der Waals surface area contributed by atoms with Gasteiger partial charge in [-0.05, 0) is 20.3 Å². The fourth-order valence-electron chi connectivity index (χ4n) is 2.23. The van der Waals surface area contributed by atoms with Gasteiger partial charge in [-0.1, -0.05) is 13.3 Å². The van der Waals surface area contributed by atoms with Gasteiger partial charge in [0, 0.05) is 4.75 Å². The zero-order chi connectivity index (χ0) is 16.2. The summed E-state index contributed by atoms with van der Waals surface area (Å²) in [6, 6.07) is -1.11. The first kappa shape index (κ1) is 17.8. The lowest BCUT2D eigenvalue weighted by atomic mass is 10.0. The van der Waals surface area contributed by atoms with Crippen molar-refractivity contribution in [2.45, 2.75) is 49.8 Å². The molecule has 0 spiro atoms. The van der Waals surface area contributed by atoms with Crippen LogP contribution in [0.4, 0.5) is 0 Å². The third kappa shape index (κ3) is 3.88. The van der Waals surface area contributed by atoms with Gasteiger partial charge in [0.1, 0.15) is 6.04 Å². The fraction of sp³-hybridized carbons (Fsp3) is 0.769. The van der Waals surface area contributed by atoms with E-state index >= 15 is 0 Å². The van der Waals surface area contributed by atoms with Gasteiger partial charge >= 0.3 is 11.9 Å². The van der Waals surface area contributed by atoms with Gasteiger partial charge in [-0.2, -0.15) is 0 Å². The van der Waals surface area contributed by atoms with Crippen molar-refractivity contribution in [3.05, 3.63) is 0 Å². The van der Waals surface area contributed by atoms with E-state index in [1.807, 2.05) is 6.92 Å². The summed E-state index contributed by atoms with van der Waals surface area (Å²) in [7, 11) is 0. The van der Waals surface area contributed by atoms with Crippen LogP contribution in [0.15, 0.2) is 0 Å². The second-order valence-corrected chi connectivity index (χ2v) is 7.08. The third-order valence-corrected chi connectivity index (χ3v) is 4.72. The molecule has 1 amide bonds. The molecule has 1 aliphatic rings. The molecule has 1 fully saturated rings. The number of unbranched alkanes of at least 4 members (excludes halogenated alkanes) is 1. The van der Waals surface area contributed by atoms with Crippen molar-refractivity contribution in [1.29, 1.82) is 0 Å². The predicted molar refractivity (Wildman–Crippen MR) is 78.6 cm³/mol. The number of amides is 1. The Morgan fingerprint density at radius 1 is 1.38 bits per heavy atom. The van der Waals surface area contributed by atoms with E-state index in [0.717, 1.165) is 29.5 Å². The molecular formula is C13H22N2O5S. The van der Waals surface area contributed by atoms with E-state index < -0.39 is 34.0 Å². The van der Waals surface area contributed by atoms with Crippen molar-refractivity contribution in [2.75, 3.05) is 13.2 Å². The van der Waals surface area contributed by atoms with Crippen LogP contribution < -0.4 is 5.73 Å². The van der Waals surface area contributed by atoms with E-state index in [-0.39, 0.29) is 13.2 Å². The number of carboxylic acid groups (broad SMARTS) is 1. The maximum absolute atomic E-state index is 12.1. The smallest absolute Gasteiger partial charge is 0.339 e. The Morgan fingerprint density at radius 2 is 2.00 bits per heavy atom. The molecule has 1 heterocycles. The maximum atomic E-state index is 12.1. The molecule has 0 radical (unpaired) electrons. The third-order valence-electron chi connectivity index (χ3n) is 3.25. The van der Waals surface area contributed by atoms with Gasteiger partial charge in [0.2, 0.25) is 5.91 Å². The molecule has 1 aliphatic heterocycles. The molecule has 0 bridgehead atoms. The molecule has 0 aliphatic carbocycles. The summed E-state index contributed by atoms with van der Waals surface area (Å²) in [6.07, 6.45) is 1.60. The number of nitrogens with zero attached hydrogens (tertiary/aromatic N) is 1. The van der Waals surface area contributed by atoms with Gasteiger partial charge < -0.3 is 20.5 Å².